The standard InChI is InChI=1S/C11H10N4O/c12-10(16)9(8-4-1-2-5-13-8)11-14-6-3-7-15-11/h1-7,9H,(H2,12,16). The summed E-state index contributed by atoms with van der Waals surface area (Å²) in [6.07, 6.45) is 4.75. The number of carbonyl (C=O) groups is 1. The number of amides is 1. The lowest BCUT2D eigenvalue weighted by atomic mass is 10.0. The van der Waals surface area contributed by atoms with Gasteiger partial charge in [0.15, 0.2) is 0 Å². The third-order valence-electron chi connectivity index (χ3n) is 2.11. The average molecular weight is 214 g/mol. The number of rotatable bonds is 3. The maximum absolute atomic E-state index is 11.4. The SMILES string of the molecule is NC(=O)C(c1ccccn1)c1ncccn1. The van der Waals surface area contributed by atoms with Gasteiger partial charge in [-0.25, -0.2) is 9.97 Å². The number of nitrogens with two attached hydrogens (primary N) is 1. The third kappa shape index (κ3) is 2.03. The van der Waals surface area contributed by atoms with Crippen LogP contribution in [0.3, 0.4) is 0 Å². The first-order valence-electron chi connectivity index (χ1n) is 4.76. The molecule has 1 atom stereocenters. The molecule has 0 spiro atoms. The minimum absolute atomic E-state index is 0.369. The molecule has 2 aromatic heterocycles. The molecule has 0 saturated heterocycles. The van der Waals surface area contributed by atoms with Crippen LogP contribution in [-0.2, 0) is 4.79 Å². The zero-order valence-electron chi connectivity index (χ0n) is 8.45. The van der Waals surface area contributed by atoms with Crippen molar-refractivity contribution in [2.24, 2.45) is 5.73 Å². The Morgan fingerprint density at radius 2 is 1.75 bits per heavy atom. The number of pyridine rings is 1. The van der Waals surface area contributed by atoms with E-state index >= 15 is 0 Å². The van der Waals surface area contributed by atoms with Gasteiger partial charge in [0.2, 0.25) is 5.91 Å². The Bertz CT molecular complexity index is 432. The van der Waals surface area contributed by atoms with Crippen LogP contribution < -0.4 is 5.73 Å². The second-order valence-corrected chi connectivity index (χ2v) is 3.20. The molecule has 0 bridgehead atoms. The largest absolute Gasteiger partial charge is 0.369 e. The van der Waals surface area contributed by atoms with Crippen LogP contribution >= 0.6 is 0 Å². The highest BCUT2D eigenvalue weighted by atomic mass is 16.1. The highest BCUT2D eigenvalue weighted by Gasteiger charge is 2.23. The molecule has 16 heavy (non-hydrogen) atoms. The van der Waals surface area contributed by atoms with E-state index in [1.54, 1.807) is 42.9 Å². The molecule has 2 heterocycles. The van der Waals surface area contributed by atoms with E-state index in [-0.39, 0.29) is 0 Å². The summed E-state index contributed by atoms with van der Waals surface area (Å²) in [5.41, 5.74) is 5.90. The van der Waals surface area contributed by atoms with E-state index in [2.05, 4.69) is 15.0 Å². The summed E-state index contributed by atoms with van der Waals surface area (Å²) in [6.45, 7) is 0. The molecule has 1 unspecified atom stereocenters. The predicted molar refractivity (Wildman–Crippen MR) is 57.3 cm³/mol. The normalized spacial score (nSPS) is 12.0. The predicted octanol–water partition coefficient (Wildman–Crippen LogP) is 0.489. The van der Waals surface area contributed by atoms with E-state index in [1.165, 1.54) is 0 Å². The van der Waals surface area contributed by atoms with Crippen molar-refractivity contribution >= 4 is 5.91 Å². The van der Waals surface area contributed by atoms with Crippen LogP contribution in [0, 0.1) is 0 Å². The van der Waals surface area contributed by atoms with Gasteiger partial charge in [0, 0.05) is 18.6 Å². The molecule has 5 heteroatoms. The number of hydrogen-bond acceptors (Lipinski definition) is 4. The van der Waals surface area contributed by atoms with Gasteiger partial charge < -0.3 is 5.73 Å². The first kappa shape index (κ1) is 10.2. The molecule has 0 aliphatic rings. The highest BCUT2D eigenvalue weighted by Crippen LogP contribution is 2.18. The minimum Gasteiger partial charge on any atom is -0.369 e. The van der Waals surface area contributed by atoms with Crippen LogP contribution in [-0.4, -0.2) is 20.9 Å². The first-order chi connectivity index (χ1) is 7.79. The van der Waals surface area contributed by atoms with Crippen molar-refractivity contribution in [2.45, 2.75) is 5.92 Å². The summed E-state index contributed by atoms with van der Waals surface area (Å²) < 4.78 is 0. The van der Waals surface area contributed by atoms with Crippen LogP contribution in [0.15, 0.2) is 42.9 Å². The van der Waals surface area contributed by atoms with Gasteiger partial charge >= 0.3 is 0 Å². The summed E-state index contributed by atoms with van der Waals surface area (Å²) in [7, 11) is 0. The fourth-order valence-corrected chi connectivity index (χ4v) is 1.41. The zero-order valence-corrected chi connectivity index (χ0v) is 8.45. The van der Waals surface area contributed by atoms with Crippen LogP contribution in [0.5, 0.6) is 0 Å². The molecule has 5 nitrogen and oxygen atoms in total. The summed E-state index contributed by atoms with van der Waals surface area (Å²) in [4.78, 5) is 23.5. The van der Waals surface area contributed by atoms with E-state index in [0.29, 0.717) is 11.5 Å². The van der Waals surface area contributed by atoms with Crippen molar-refractivity contribution in [3.05, 3.63) is 54.4 Å². The van der Waals surface area contributed by atoms with Gasteiger partial charge in [0.05, 0.1) is 5.69 Å². The lowest BCUT2D eigenvalue weighted by molar-refractivity contribution is -0.118. The monoisotopic (exact) mass is 214 g/mol. The van der Waals surface area contributed by atoms with Crippen LogP contribution in [0.25, 0.3) is 0 Å². The Labute approximate surface area is 92.4 Å². The second-order valence-electron chi connectivity index (χ2n) is 3.20. The number of aromatic nitrogens is 3. The Balaban J connectivity index is 2.44. The molecule has 2 N–H and O–H groups in total. The van der Waals surface area contributed by atoms with Gasteiger partial charge in [-0.05, 0) is 18.2 Å². The Morgan fingerprint density at radius 1 is 1.06 bits per heavy atom. The molecule has 0 radical (unpaired) electrons. The van der Waals surface area contributed by atoms with E-state index in [1.807, 2.05) is 0 Å². The summed E-state index contributed by atoms with van der Waals surface area (Å²) in [6, 6.07) is 6.97. The van der Waals surface area contributed by atoms with Crippen molar-refractivity contribution in [3.63, 3.8) is 0 Å². The maximum Gasteiger partial charge on any atom is 0.234 e. The van der Waals surface area contributed by atoms with Crippen LogP contribution in [0.1, 0.15) is 17.4 Å². The van der Waals surface area contributed by atoms with Crippen molar-refractivity contribution in [1.82, 2.24) is 15.0 Å². The first-order valence-corrected chi connectivity index (χ1v) is 4.76. The van der Waals surface area contributed by atoms with E-state index in [4.69, 9.17) is 5.73 Å². The Hall–Kier alpha value is -2.30. The number of nitrogens with zero attached hydrogens (tertiary/aromatic N) is 3. The van der Waals surface area contributed by atoms with E-state index in [9.17, 15) is 4.79 Å². The topological polar surface area (TPSA) is 81.8 Å². The van der Waals surface area contributed by atoms with Gasteiger partial charge in [0.1, 0.15) is 11.7 Å². The van der Waals surface area contributed by atoms with Gasteiger partial charge in [-0.3, -0.25) is 9.78 Å². The molecule has 2 rings (SSSR count). The number of carbonyl (C=O) groups excluding carboxylic acids is 1. The fraction of sp³-hybridized carbons (Fsp3) is 0.0909. The molecule has 2 aromatic rings. The fourth-order valence-electron chi connectivity index (χ4n) is 1.41. The highest BCUT2D eigenvalue weighted by molar-refractivity contribution is 5.84. The number of primary amides is 1. The van der Waals surface area contributed by atoms with E-state index in [0.717, 1.165) is 0 Å². The quantitative estimate of drug-likeness (QED) is 0.806. The van der Waals surface area contributed by atoms with Crippen molar-refractivity contribution in [2.75, 3.05) is 0 Å². The van der Waals surface area contributed by atoms with Gasteiger partial charge in [0.25, 0.3) is 0 Å². The maximum atomic E-state index is 11.4. The molecule has 0 aromatic carbocycles. The van der Waals surface area contributed by atoms with Crippen LogP contribution in [0.2, 0.25) is 0 Å². The molecular formula is C11H10N4O. The molecule has 0 aliphatic heterocycles. The average Bonchev–Trinajstić information content (AvgIpc) is 2.31. The molecule has 1 amide bonds. The lowest BCUT2D eigenvalue weighted by Crippen LogP contribution is -2.24. The smallest absolute Gasteiger partial charge is 0.234 e. The summed E-state index contributed by atoms with van der Waals surface area (Å²) in [5.74, 6) is -0.832. The van der Waals surface area contributed by atoms with Crippen molar-refractivity contribution < 1.29 is 4.79 Å². The second kappa shape index (κ2) is 4.48. The van der Waals surface area contributed by atoms with E-state index < -0.39 is 11.8 Å². The zero-order chi connectivity index (χ0) is 11.4. The summed E-state index contributed by atoms with van der Waals surface area (Å²) >= 11 is 0. The third-order valence-corrected chi connectivity index (χ3v) is 2.11. The van der Waals surface area contributed by atoms with Crippen molar-refractivity contribution in [1.29, 1.82) is 0 Å². The summed E-state index contributed by atoms with van der Waals surface area (Å²) in [5, 5.41) is 0. The Kier molecular flexibility index (Phi) is 2.86. The van der Waals surface area contributed by atoms with Gasteiger partial charge in [-0.1, -0.05) is 6.07 Å². The molecule has 0 saturated carbocycles. The molecular weight excluding hydrogens is 204 g/mol. The molecule has 80 valence electrons. The molecule has 0 aliphatic carbocycles. The molecule has 0 fully saturated rings. The van der Waals surface area contributed by atoms with Crippen molar-refractivity contribution in [3.8, 4) is 0 Å². The Morgan fingerprint density at radius 3 is 2.31 bits per heavy atom. The minimum atomic E-state index is -0.692. The van der Waals surface area contributed by atoms with Gasteiger partial charge in [-0.2, -0.15) is 0 Å². The van der Waals surface area contributed by atoms with Gasteiger partial charge in [-0.15, -0.1) is 0 Å². The van der Waals surface area contributed by atoms with Crippen LogP contribution in [0.4, 0.5) is 0 Å². The number of hydrogen-bond donors (Lipinski definition) is 1. The lowest BCUT2D eigenvalue weighted by Gasteiger charge is -2.10.